The molecular weight excluding hydrogens is 249 g/mol. The molecule has 0 aliphatic carbocycles. The third-order valence-electron chi connectivity index (χ3n) is 1.94. The molecule has 1 aromatic rings. The van der Waals surface area contributed by atoms with Crippen LogP contribution in [0.15, 0.2) is 16.6 Å². The first-order valence-corrected chi connectivity index (χ1v) is 4.99. The smallest absolute Gasteiger partial charge is 0.183 e. The molecule has 1 atom stereocenters. The van der Waals surface area contributed by atoms with Gasteiger partial charge in [0.2, 0.25) is 0 Å². The van der Waals surface area contributed by atoms with E-state index in [0.29, 0.717) is 4.47 Å². The van der Waals surface area contributed by atoms with Gasteiger partial charge >= 0.3 is 0 Å². The standard InChI is InChI=1S/C10H11BrFNO/c1-5-3-4-7(12)8(9(5)11)10(14)6(2)13/h3-4,6H,13H2,1-2H3. The molecule has 0 bridgehead atoms. The Morgan fingerprint density at radius 3 is 2.64 bits per heavy atom. The normalized spacial score (nSPS) is 12.6. The fraction of sp³-hybridized carbons (Fsp3) is 0.300. The number of ketones is 1. The topological polar surface area (TPSA) is 43.1 Å². The molecule has 76 valence electrons. The van der Waals surface area contributed by atoms with Gasteiger partial charge in [-0.15, -0.1) is 0 Å². The van der Waals surface area contributed by atoms with Crippen LogP contribution in [-0.4, -0.2) is 11.8 Å². The van der Waals surface area contributed by atoms with Gasteiger partial charge in [0, 0.05) is 4.47 Å². The van der Waals surface area contributed by atoms with Crippen LogP contribution in [0, 0.1) is 12.7 Å². The number of aryl methyl sites for hydroxylation is 1. The molecule has 0 saturated carbocycles. The van der Waals surface area contributed by atoms with Crippen LogP contribution < -0.4 is 5.73 Å². The van der Waals surface area contributed by atoms with Crippen LogP contribution in [0.1, 0.15) is 22.8 Å². The van der Waals surface area contributed by atoms with Crippen molar-refractivity contribution in [3.63, 3.8) is 0 Å². The second-order valence-electron chi connectivity index (χ2n) is 3.21. The number of rotatable bonds is 2. The summed E-state index contributed by atoms with van der Waals surface area (Å²) in [6.45, 7) is 3.33. The summed E-state index contributed by atoms with van der Waals surface area (Å²) in [5, 5.41) is 0. The van der Waals surface area contributed by atoms with E-state index < -0.39 is 17.6 Å². The minimum absolute atomic E-state index is 0.0417. The first kappa shape index (κ1) is 11.3. The van der Waals surface area contributed by atoms with Crippen molar-refractivity contribution in [1.82, 2.24) is 0 Å². The maximum atomic E-state index is 13.3. The highest BCUT2D eigenvalue weighted by Gasteiger charge is 2.19. The van der Waals surface area contributed by atoms with Gasteiger partial charge in [-0.3, -0.25) is 4.79 Å². The van der Waals surface area contributed by atoms with Gasteiger partial charge in [0.15, 0.2) is 5.78 Å². The lowest BCUT2D eigenvalue weighted by Gasteiger charge is -2.09. The summed E-state index contributed by atoms with van der Waals surface area (Å²) in [6.07, 6.45) is 0. The molecule has 0 amide bonds. The van der Waals surface area contributed by atoms with Gasteiger partial charge in [-0.25, -0.2) is 4.39 Å². The minimum atomic E-state index is -0.692. The Morgan fingerprint density at radius 1 is 1.57 bits per heavy atom. The van der Waals surface area contributed by atoms with Crippen LogP contribution in [-0.2, 0) is 0 Å². The maximum Gasteiger partial charge on any atom is 0.183 e. The molecule has 1 rings (SSSR count). The van der Waals surface area contributed by atoms with Crippen LogP contribution in [0.5, 0.6) is 0 Å². The molecule has 0 radical (unpaired) electrons. The average Bonchev–Trinajstić information content (AvgIpc) is 2.12. The van der Waals surface area contributed by atoms with Crippen LogP contribution in [0.2, 0.25) is 0 Å². The molecule has 0 aliphatic heterocycles. The first-order chi connectivity index (χ1) is 6.45. The molecule has 1 aromatic carbocycles. The third kappa shape index (κ3) is 2.01. The quantitative estimate of drug-likeness (QED) is 0.830. The molecule has 0 spiro atoms. The molecule has 0 fully saturated rings. The molecule has 0 saturated heterocycles. The Bertz CT molecular complexity index is 377. The molecule has 0 aromatic heterocycles. The van der Waals surface area contributed by atoms with Crippen molar-refractivity contribution in [3.8, 4) is 0 Å². The van der Waals surface area contributed by atoms with Gasteiger partial charge in [0.05, 0.1) is 11.6 Å². The number of benzene rings is 1. The van der Waals surface area contributed by atoms with Gasteiger partial charge in [0.25, 0.3) is 0 Å². The zero-order valence-corrected chi connectivity index (χ0v) is 9.56. The summed E-state index contributed by atoms with van der Waals surface area (Å²) in [6, 6.07) is 2.19. The van der Waals surface area contributed by atoms with Crippen molar-refractivity contribution in [1.29, 1.82) is 0 Å². The van der Waals surface area contributed by atoms with Gasteiger partial charge < -0.3 is 5.73 Å². The third-order valence-corrected chi connectivity index (χ3v) is 2.97. The van der Waals surface area contributed by atoms with Crippen molar-refractivity contribution in [3.05, 3.63) is 33.5 Å². The van der Waals surface area contributed by atoms with Crippen molar-refractivity contribution < 1.29 is 9.18 Å². The van der Waals surface area contributed by atoms with E-state index in [0.717, 1.165) is 5.56 Å². The van der Waals surface area contributed by atoms with E-state index in [1.54, 1.807) is 13.0 Å². The largest absolute Gasteiger partial charge is 0.321 e. The lowest BCUT2D eigenvalue weighted by molar-refractivity contribution is 0.0963. The molecule has 0 aliphatic rings. The Morgan fingerprint density at radius 2 is 2.14 bits per heavy atom. The zero-order chi connectivity index (χ0) is 10.9. The number of carbonyl (C=O) groups is 1. The fourth-order valence-corrected chi connectivity index (χ4v) is 1.63. The summed E-state index contributed by atoms with van der Waals surface area (Å²) >= 11 is 3.18. The van der Waals surface area contributed by atoms with E-state index in [9.17, 15) is 9.18 Å². The highest BCUT2D eigenvalue weighted by atomic mass is 79.9. The Hall–Kier alpha value is -0.740. The second-order valence-corrected chi connectivity index (χ2v) is 4.00. The number of hydrogen-bond acceptors (Lipinski definition) is 2. The highest BCUT2D eigenvalue weighted by molar-refractivity contribution is 9.10. The number of nitrogens with two attached hydrogens (primary N) is 1. The summed E-state index contributed by atoms with van der Waals surface area (Å²) in [7, 11) is 0. The Labute approximate surface area is 90.4 Å². The van der Waals surface area contributed by atoms with Gasteiger partial charge in [-0.05, 0) is 41.4 Å². The predicted molar refractivity (Wildman–Crippen MR) is 56.8 cm³/mol. The molecule has 2 N–H and O–H groups in total. The van der Waals surface area contributed by atoms with Crippen molar-refractivity contribution >= 4 is 21.7 Å². The molecule has 4 heteroatoms. The van der Waals surface area contributed by atoms with Crippen molar-refractivity contribution in [2.24, 2.45) is 5.73 Å². The fourth-order valence-electron chi connectivity index (χ4n) is 1.11. The maximum absolute atomic E-state index is 13.3. The second kappa shape index (κ2) is 4.19. The highest BCUT2D eigenvalue weighted by Crippen LogP contribution is 2.24. The lowest BCUT2D eigenvalue weighted by Crippen LogP contribution is -2.28. The first-order valence-electron chi connectivity index (χ1n) is 4.19. The van der Waals surface area contributed by atoms with Crippen LogP contribution in [0.3, 0.4) is 0 Å². The lowest BCUT2D eigenvalue weighted by atomic mass is 10.0. The number of hydrogen-bond donors (Lipinski definition) is 1. The Kier molecular flexibility index (Phi) is 3.39. The van der Waals surface area contributed by atoms with E-state index in [4.69, 9.17) is 5.73 Å². The van der Waals surface area contributed by atoms with Gasteiger partial charge in [0.1, 0.15) is 5.82 Å². The minimum Gasteiger partial charge on any atom is -0.321 e. The molecule has 2 nitrogen and oxygen atoms in total. The van der Waals surface area contributed by atoms with Crippen LogP contribution >= 0.6 is 15.9 Å². The van der Waals surface area contributed by atoms with Crippen molar-refractivity contribution in [2.45, 2.75) is 19.9 Å². The van der Waals surface area contributed by atoms with E-state index >= 15 is 0 Å². The number of carbonyl (C=O) groups excluding carboxylic acids is 1. The summed E-state index contributed by atoms with van der Waals surface area (Å²) in [4.78, 5) is 11.5. The van der Waals surface area contributed by atoms with E-state index in [2.05, 4.69) is 15.9 Å². The molecule has 0 heterocycles. The zero-order valence-electron chi connectivity index (χ0n) is 7.97. The molecule has 1 unspecified atom stereocenters. The summed E-state index contributed by atoms with van der Waals surface area (Å²) in [5.41, 5.74) is 6.28. The average molecular weight is 260 g/mol. The van der Waals surface area contributed by atoms with Gasteiger partial charge in [-0.1, -0.05) is 6.07 Å². The van der Waals surface area contributed by atoms with Crippen LogP contribution in [0.4, 0.5) is 4.39 Å². The summed E-state index contributed by atoms with van der Waals surface area (Å²) in [5.74, 6) is -0.928. The van der Waals surface area contributed by atoms with E-state index in [-0.39, 0.29) is 5.56 Å². The molecular formula is C10H11BrFNO. The van der Waals surface area contributed by atoms with E-state index in [1.165, 1.54) is 13.0 Å². The van der Waals surface area contributed by atoms with E-state index in [1.807, 2.05) is 0 Å². The predicted octanol–water partition coefficient (Wildman–Crippen LogP) is 2.43. The monoisotopic (exact) mass is 259 g/mol. The number of Topliss-reactive ketones (excluding diaryl/α,β-unsaturated/α-hetero) is 1. The van der Waals surface area contributed by atoms with Crippen LogP contribution in [0.25, 0.3) is 0 Å². The number of halogens is 2. The van der Waals surface area contributed by atoms with Crippen molar-refractivity contribution in [2.75, 3.05) is 0 Å². The summed E-state index contributed by atoms with van der Waals surface area (Å²) < 4.78 is 13.8. The molecule has 14 heavy (non-hydrogen) atoms. The SMILES string of the molecule is Cc1ccc(F)c(C(=O)C(C)N)c1Br. The Balaban J connectivity index is 3.33. The van der Waals surface area contributed by atoms with Gasteiger partial charge in [-0.2, -0.15) is 0 Å².